The van der Waals surface area contributed by atoms with Crippen molar-refractivity contribution in [3.63, 3.8) is 0 Å². The van der Waals surface area contributed by atoms with Crippen LogP contribution in [0.1, 0.15) is 26.7 Å². The van der Waals surface area contributed by atoms with Crippen molar-refractivity contribution in [1.82, 2.24) is 4.90 Å². The topological polar surface area (TPSA) is 56.5 Å². The first-order valence-electron chi connectivity index (χ1n) is 5.45. The third-order valence-electron chi connectivity index (χ3n) is 2.52. The molecule has 0 radical (unpaired) electrons. The van der Waals surface area contributed by atoms with Crippen LogP contribution in [-0.4, -0.2) is 48.0 Å². The maximum Gasteiger partial charge on any atom is 0.0940 e. The molecule has 1 atom stereocenters. The summed E-state index contributed by atoms with van der Waals surface area (Å²) in [5, 5.41) is 17.6. The monoisotopic (exact) mass is 212 g/mol. The Morgan fingerprint density at radius 1 is 1.60 bits per heavy atom. The van der Waals surface area contributed by atoms with Gasteiger partial charge in [0.2, 0.25) is 0 Å². The molecule has 1 aliphatic rings. The quantitative estimate of drug-likeness (QED) is 0.699. The van der Waals surface area contributed by atoms with Gasteiger partial charge >= 0.3 is 0 Å². The van der Waals surface area contributed by atoms with Crippen molar-refractivity contribution in [2.45, 2.75) is 38.4 Å². The van der Waals surface area contributed by atoms with Crippen LogP contribution < -0.4 is 0 Å². The average Bonchev–Trinajstić information content (AvgIpc) is 2.16. The van der Waals surface area contributed by atoms with E-state index in [1.807, 2.05) is 13.8 Å². The Balaban J connectivity index is 2.40. The second-order valence-corrected chi connectivity index (χ2v) is 4.68. The zero-order valence-corrected chi connectivity index (χ0v) is 9.57. The predicted octanol–water partition coefficient (Wildman–Crippen LogP) is 0.762. The Labute approximate surface area is 91.4 Å². The van der Waals surface area contributed by atoms with E-state index in [4.69, 9.17) is 15.1 Å². The van der Waals surface area contributed by atoms with Gasteiger partial charge in [-0.15, -0.1) is 0 Å². The number of rotatable bonds is 4. The van der Waals surface area contributed by atoms with Crippen LogP contribution in [0.25, 0.3) is 0 Å². The van der Waals surface area contributed by atoms with E-state index in [2.05, 4.69) is 11.0 Å². The first-order valence-corrected chi connectivity index (χ1v) is 5.45. The van der Waals surface area contributed by atoms with Gasteiger partial charge < -0.3 is 9.84 Å². The van der Waals surface area contributed by atoms with E-state index in [1.165, 1.54) is 0 Å². The summed E-state index contributed by atoms with van der Waals surface area (Å²) in [5.41, 5.74) is -0.196. The van der Waals surface area contributed by atoms with Crippen molar-refractivity contribution < 1.29 is 9.84 Å². The molecule has 4 nitrogen and oxygen atoms in total. The van der Waals surface area contributed by atoms with Crippen LogP contribution in [-0.2, 0) is 4.74 Å². The molecule has 0 bridgehead atoms. The largest absolute Gasteiger partial charge is 0.394 e. The highest BCUT2D eigenvalue weighted by Gasteiger charge is 2.32. The molecule has 0 saturated carbocycles. The number of aliphatic hydroxyl groups excluding tert-OH is 1. The summed E-state index contributed by atoms with van der Waals surface area (Å²) in [7, 11) is 0. The number of hydrogen-bond acceptors (Lipinski definition) is 4. The minimum absolute atomic E-state index is 0.0676. The summed E-state index contributed by atoms with van der Waals surface area (Å²) in [6.45, 7) is 6.69. The third kappa shape index (κ3) is 4.17. The smallest absolute Gasteiger partial charge is 0.0940 e. The summed E-state index contributed by atoms with van der Waals surface area (Å²) >= 11 is 0. The number of unbranched alkanes of at least 4 members (excludes halogenated alkanes) is 1. The Morgan fingerprint density at radius 2 is 2.33 bits per heavy atom. The molecular weight excluding hydrogens is 192 g/mol. The third-order valence-corrected chi connectivity index (χ3v) is 2.52. The van der Waals surface area contributed by atoms with E-state index in [-0.39, 0.29) is 18.3 Å². The normalized spacial score (nSPS) is 26.1. The molecule has 1 N–H and O–H groups in total. The minimum atomic E-state index is -0.196. The Kier molecular flexibility index (Phi) is 4.52. The molecule has 0 amide bonds. The summed E-state index contributed by atoms with van der Waals surface area (Å²) in [6.07, 6.45) is 1.41. The fraction of sp³-hybridized carbons (Fsp3) is 0.909. The van der Waals surface area contributed by atoms with Gasteiger partial charge in [-0.3, -0.25) is 4.90 Å². The summed E-state index contributed by atoms with van der Waals surface area (Å²) in [4.78, 5) is 2.27. The van der Waals surface area contributed by atoms with Crippen LogP contribution in [0.4, 0.5) is 0 Å². The van der Waals surface area contributed by atoms with Crippen LogP contribution >= 0.6 is 0 Å². The Hall–Kier alpha value is -0.630. The number of morpholine rings is 1. The summed E-state index contributed by atoms with van der Waals surface area (Å²) < 4.78 is 5.70. The van der Waals surface area contributed by atoms with Crippen LogP contribution in [0.5, 0.6) is 0 Å². The molecule has 1 unspecified atom stereocenters. The van der Waals surface area contributed by atoms with Crippen molar-refractivity contribution in [1.29, 1.82) is 5.26 Å². The number of ether oxygens (including phenoxy) is 1. The molecule has 1 rings (SSSR count). The summed E-state index contributed by atoms with van der Waals surface area (Å²) in [5.74, 6) is 0. The first kappa shape index (κ1) is 12.4. The molecule has 0 spiro atoms. The lowest BCUT2D eigenvalue weighted by atomic mass is 10.0. The SMILES string of the molecule is CC1(C)CN(CCCC#N)CC(CO)O1. The average molecular weight is 212 g/mol. The van der Waals surface area contributed by atoms with Crippen molar-refractivity contribution in [3.8, 4) is 6.07 Å². The molecule has 0 aromatic rings. The molecule has 1 fully saturated rings. The molecule has 15 heavy (non-hydrogen) atoms. The van der Waals surface area contributed by atoms with Crippen LogP contribution in [0.2, 0.25) is 0 Å². The fourth-order valence-electron chi connectivity index (χ4n) is 2.06. The zero-order chi connectivity index (χ0) is 11.3. The molecular formula is C11H20N2O2. The van der Waals surface area contributed by atoms with E-state index in [1.54, 1.807) is 0 Å². The zero-order valence-electron chi connectivity index (χ0n) is 9.57. The van der Waals surface area contributed by atoms with Gasteiger partial charge in [-0.1, -0.05) is 0 Å². The van der Waals surface area contributed by atoms with E-state index in [0.29, 0.717) is 6.42 Å². The van der Waals surface area contributed by atoms with Gasteiger partial charge in [0.05, 0.1) is 24.4 Å². The van der Waals surface area contributed by atoms with Gasteiger partial charge in [0.15, 0.2) is 0 Å². The van der Waals surface area contributed by atoms with Crippen molar-refractivity contribution in [2.24, 2.45) is 0 Å². The van der Waals surface area contributed by atoms with Gasteiger partial charge in [-0.05, 0) is 26.8 Å². The lowest BCUT2D eigenvalue weighted by molar-refractivity contribution is -0.148. The standard InChI is InChI=1S/C11H20N2O2/c1-11(2)9-13(6-4-3-5-12)7-10(8-14)15-11/h10,14H,3-4,6-9H2,1-2H3. The van der Waals surface area contributed by atoms with E-state index < -0.39 is 0 Å². The predicted molar refractivity (Wildman–Crippen MR) is 57.3 cm³/mol. The van der Waals surface area contributed by atoms with Gasteiger partial charge in [-0.2, -0.15) is 5.26 Å². The molecule has 0 aromatic carbocycles. The second-order valence-electron chi connectivity index (χ2n) is 4.68. The first-order chi connectivity index (χ1) is 7.07. The lowest BCUT2D eigenvalue weighted by Crippen LogP contribution is -2.53. The maximum absolute atomic E-state index is 9.11. The van der Waals surface area contributed by atoms with Crippen molar-refractivity contribution in [2.75, 3.05) is 26.2 Å². The highest BCUT2D eigenvalue weighted by atomic mass is 16.5. The van der Waals surface area contributed by atoms with Crippen molar-refractivity contribution in [3.05, 3.63) is 0 Å². The molecule has 1 aliphatic heterocycles. The van der Waals surface area contributed by atoms with Gasteiger partial charge in [0.1, 0.15) is 0 Å². The van der Waals surface area contributed by atoms with Crippen molar-refractivity contribution >= 4 is 0 Å². The van der Waals surface area contributed by atoms with Crippen LogP contribution in [0.3, 0.4) is 0 Å². The Morgan fingerprint density at radius 3 is 2.93 bits per heavy atom. The number of aliphatic hydroxyl groups is 1. The molecule has 0 aromatic heterocycles. The number of nitrogens with zero attached hydrogens (tertiary/aromatic N) is 2. The summed E-state index contributed by atoms with van der Waals surface area (Å²) in [6, 6.07) is 2.15. The Bertz CT molecular complexity index is 235. The highest BCUT2D eigenvalue weighted by Crippen LogP contribution is 2.20. The molecule has 1 heterocycles. The minimum Gasteiger partial charge on any atom is -0.394 e. The highest BCUT2D eigenvalue weighted by molar-refractivity contribution is 4.84. The molecule has 1 saturated heterocycles. The van der Waals surface area contributed by atoms with E-state index in [0.717, 1.165) is 26.1 Å². The van der Waals surface area contributed by atoms with E-state index >= 15 is 0 Å². The van der Waals surface area contributed by atoms with Crippen LogP contribution in [0.15, 0.2) is 0 Å². The van der Waals surface area contributed by atoms with E-state index in [9.17, 15) is 0 Å². The van der Waals surface area contributed by atoms with Gasteiger partial charge in [0.25, 0.3) is 0 Å². The second kappa shape index (κ2) is 5.45. The van der Waals surface area contributed by atoms with Gasteiger partial charge in [-0.25, -0.2) is 0 Å². The molecule has 86 valence electrons. The maximum atomic E-state index is 9.11. The lowest BCUT2D eigenvalue weighted by Gasteiger charge is -2.42. The van der Waals surface area contributed by atoms with Crippen LogP contribution in [0, 0.1) is 11.3 Å². The molecule has 4 heteroatoms. The van der Waals surface area contributed by atoms with Gasteiger partial charge in [0, 0.05) is 19.5 Å². The number of nitriles is 1. The number of hydrogen-bond donors (Lipinski definition) is 1. The fourth-order valence-corrected chi connectivity index (χ4v) is 2.06. The molecule has 0 aliphatic carbocycles.